The van der Waals surface area contributed by atoms with Gasteiger partial charge < -0.3 is 16.2 Å². The Morgan fingerprint density at radius 2 is 2.00 bits per heavy atom. The molecule has 5 nitrogen and oxygen atoms in total. The Kier molecular flexibility index (Phi) is 4.93. The summed E-state index contributed by atoms with van der Waals surface area (Å²) in [5, 5.41) is 11.6. The number of carbonyl (C=O) groups is 2. The molecule has 1 saturated carbocycles. The minimum Gasteiger partial charge on any atom is -0.481 e. The Morgan fingerprint density at radius 1 is 1.41 bits per heavy atom. The van der Waals surface area contributed by atoms with E-state index in [1.807, 2.05) is 13.8 Å². The van der Waals surface area contributed by atoms with Gasteiger partial charge in [-0.05, 0) is 24.7 Å². The number of hydrogen-bond donors (Lipinski definition) is 3. The molecule has 1 rings (SSSR count). The predicted octanol–water partition coefficient (Wildman–Crippen LogP) is 0.587. The Morgan fingerprint density at radius 3 is 2.35 bits per heavy atom. The quantitative estimate of drug-likeness (QED) is 0.609. The van der Waals surface area contributed by atoms with Gasteiger partial charge in [0.1, 0.15) is 0 Å². The molecule has 1 amide bonds. The first-order chi connectivity index (χ1) is 7.95. The lowest BCUT2D eigenvalue weighted by Crippen LogP contribution is -2.44. The summed E-state index contributed by atoms with van der Waals surface area (Å²) in [6, 6.07) is -0.229. The van der Waals surface area contributed by atoms with Gasteiger partial charge in [0.05, 0.1) is 12.3 Å². The van der Waals surface area contributed by atoms with E-state index in [2.05, 4.69) is 5.32 Å². The predicted molar refractivity (Wildman–Crippen MR) is 64.3 cm³/mol. The molecule has 0 bridgehead atoms. The van der Waals surface area contributed by atoms with Crippen molar-refractivity contribution in [2.45, 2.75) is 39.2 Å². The van der Waals surface area contributed by atoms with Crippen LogP contribution in [-0.4, -0.2) is 29.6 Å². The van der Waals surface area contributed by atoms with Gasteiger partial charge in [0.15, 0.2) is 0 Å². The van der Waals surface area contributed by atoms with Gasteiger partial charge >= 0.3 is 5.97 Å². The summed E-state index contributed by atoms with van der Waals surface area (Å²) >= 11 is 0. The highest BCUT2D eigenvalue weighted by molar-refractivity contribution is 5.80. The molecule has 1 aliphatic rings. The van der Waals surface area contributed by atoms with Crippen LogP contribution in [0.3, 0.4) is 0 Å². The van der Waals surface area contributed by atoms with Crippen molar-refractivity contribution in [3.8, 4) is 0 Å². The van der Waals surface area contributed by atoms with Crippen molar-refractivity contribution < 1.29 is 14.7 Å². The van der Waals surface area contributed by atoms with Gasteiger partial charge in [-0.3, -0.25) is 9.59 Å². The number of amides is 1. The van der Waals surface area contributed by atoms with Gasteiger partial charge in [0.2, 0.25) is 5.91 Å². The largest absolute Gasteiger partial charge is 0.481 e. The molecule has 0 radical (unpaired) electrons. The van der Waals surface area contributed by atoms with Gasteiger partial charge in [0, 0.05) is 12.6 Å². The Labute approximate surface area is 102 Å². The zero-order valence-corrected chi connectivity index (χ0v) is 10.5. The lowest BCUT2D eigenvalue weighted by molar-refractivity contribution is -0.138. The topological polar surface area (TPSA) is 92.4 Å². The second-order valence-corrected chi connectivity index (χ2v) is 5.14. The number of carboxylic acid groups (broad SMARTS) is 1. The lowest BCUT2D eigenvalue weighted by atomic mass is 9.94. The molecule has 17 heavy (non-hydrogen) atoms. The fourth-order valence-electron chi connectivity index (χ4n) is 1.99. The number of nitrogens with one attached hydrogen (secondary N) is 1. The maximum absolute atomic E-state index is 12.0. The van der Waals surface area contributed by atoms with Gasteiger partial charge in [0.25, 0.3) is 0 Å². The number of rotatable bonds is 7. The standard InChI is InChI=1S/C12H22N2O3/c1-7(2)9(6-13)12(17)14-10(5-11(15)16)8-3-4-8/h7-10H,3-6,13H2,1-2H3,(H,14,17)(H,15,16). The molecule has 0 aliphatic heterocycles. The first-order valence-corrected chi connectivity index (χ1v) is 6.18. The Hall–Kier alpha value is -1.10. The SMILES string of the molecule is CC(C)C(CN)C(=O)NC(CC(=O)O)C1CC1. The highest BCUT2D eigenvalue weighted by Gasteiger charge is 2.35. The number of nitrogens with two attached hydrogens (primary N) is 1. The lowest BCUT2D eigenvalue weighted by Gasteiger charge is -2.22. The van der Waals surface area contributed by atoms with Gasteiger partial charge in [-0.2, -0.15) is 0 Å². The highest BCUT2D eigenvalue weighted by Crippen LogP contribution is 2.34. The summed E-state index contributed by atoms with van der Waals surface area (Å²) in [7, 11) is 0. The zero-order valence-electron chi connectivity index (χ0n) is 10.5. The van der Waals surface area contributed by atoms with E-state index in [1.54, 1.807) is 0 Å². The van der Waals surface area contributed by atoms with Crippen LogP contribution >= 0.6 is 0 Å². The molecule has 2 atom stereocenters. The highest BCUT2D eigenvalue weighted by atomic mass is 16.4. The van der Waals surface area contributed by atoms with Crippen molar-refractivity contribution in [1.29, 1.82) is 0 Å². The first-order valence-electron chi connectivity index (χ1n) is 6.18. The molecule has 2 unspecified atom stereocenters. The Balaban J connectivity index is 2.53. The smallest absolute Gasteiger partial charge is 0.305 e. The maximum atomic E-state index is 12.0. The van der Waals surface area contributed by atoms with Crippen molar-refractivity contribution >= 4 is 11.9 Å². The van der Waals surface area contributed by atoms with Crippen LogP contribution in [0.4, 0.5) is 0 Å². The summed E-state index contributed by atoms with van der Waals surface area (Å²) in [5.74, 6) is -0.702. The second kappa shape index (κ2) is 6.00. The number of aliphatic carboxylic acids is 1. The molecular weight excluding hydrogens is 220 g/mol. The molecule has 0 saturated heterocycles. The van der Waals surface area contributed by atoms with E-state index in [1.165, 1.54) is 0 Å². The van der Waals surface area contributed by atoms with Crippen LogP contribution in [0.5, 0.6) is 0 Å². The van der Waals surface area contributed by atoms with E-state index in [-0.39, 0.29) is 30.2 Å². The van der Waals surface area contributed by atoms with Gasteiger partial charge in [-0.15, -0.1) is 0 Å². The molecule has 1 aliphatic carbocycles. The van der Waals surface area contributed by atoms with Crippen molar-refractivity contribution in [2.24, 2.45) is 23.5 Å². The van der Waals surface area contributed by atoms with Crippen LogP contribution in [0.25, 0.3) is 0 Å². The average molecular weight is 242 g/mol. The normalized spacial score (nSPS) is 18.8. The van der Waals surface area contributed by atoms with Crippen LogP contribution in [-0.2, 0) is 9.59 Å². The molecule has 4 N–H and O–H groups in total. The molecule has 0 aromatic carbocycles. The number of hydrogen-bond acceptors (Lipinski definition) is 3. The van der Waals surface area contributed by atoms with E-state index in [0.29, 0.717) is 12.5 Å². The minimum atomic E-state index is -0.865. The number of carboxylic acids is 1. The fraction of sp³-hybridized carbons (Fsp3) is 0.833. The van der Waals surface area contributed by atoms with Crippen LogP contribution in [0, 0.1) is 17.8 Å². The van der Waals surface area contributed by atoms with E-state index in [0.717, 1.165) is 12.8 Å². The zero-order chi connectivity index (χ0) is 13.0. The molecule has 0 aromatic heterocycles. The summed E-state index contributed by atoms with van der Waals surface area (Å²) < 4.78 is 0. The molecule has 1 fully saturated rings. The van der Waals surface area contributed by atoms with E-state index < -0.39 is 5.97 Å². The fourth-order valence-corrected chi connectivity index (χ4v) is 1.99. The summed E-state index contributed by atoms with van der Waals surface area (Å²) in [4.78, 5) is 22.7. The van der Waals surface area contributed by atoms with Gasteiger partial charge in [-0.1, -0.05) is 13.8 Å². The van der Waals surface area contributed by atoms with E-state index >= 15 is 0 Å². The third-order valence-electron chi connectivity index (χ3n) is 3.31. The van der Waals surface area contributed by atoms with Crippen LogP contribution in [0.15, 0.2) is 0 Å². The summed E-state index contributed by atoms with van der Waals surface area (Å²) in [5.41, 5.74) is 5.57. The molecule has 0 heterocycles. The van der Waals surface area contributed by atoms with Crippen molar-refractivity contribution in [2.75, 3.05) is 6.54 Å². The first kappa shape index (κ1) is 14.0. The molecule has 0 spiro atoms. The van der Waals surface area contributed by atoms with Crippen LogP contribution in [0.1, 0.15) is 33.1 Å². The van der Waals surface area contributed by atoms with Gasteiger partial charge in [-0.25, -0.2) is 0 Å². The summed E-state index contributed by atoms with van der Waals surface area (Å²) in [6.45, 7) is 4.19. The van der Waals surface area contributed by atoms with Crippen molar-refractivity contribution in [3.05, 3.63) is 0 Å². The molecule has 5 heteroatoms. The minimum absolute atomic E-state index is 0.00575. The van der Waals surface area contributed by atoms with Crippen molar-refractivity contribution in [3.63, 3.8) is 0 Å². The van der Waals surface area contributed by atoms with E-state index in [9.17, 15) is 9.59 Å². The van der Waals surface area contributed by atoms with Crippen molar-refractivity contribution in [1.82, 2.24) is 5.32 Å². The maximum Gasteiger partial charge on any atom is 0.305 e. The van der Waals surface area contributed by atoms with Crippen LogP contribution in [0.2, 0.25) is 0 Å². The average Bonchev–Trinajstić information content (AvgIpc) is 2.99. The molecule has 0 aromatic rings. The van der Waals surface area contributed by atoms with E-state index in [4.69, 9.17) is 10.8 Å². The summed E-state index contributed by atoms with van der Waals surface area (Å²) in [6.07, 6.45) is 2.02. The second-order valence-electron chi connectivity index (χ2n) is 5.14. The Bertz CT molecular complexity index is 287. The molecule has 98 valence electrons. The third-order valence-corrected chi connectivity index (χ3v) is 3.31. The molecular formula is C12H22N2O3. The third kappa shape index (κ3) is 4.34. The monoisotopic (exact) mass is 242 g/mol. The number of carbonyl (C=O) groups excluding carboxylic acids is 1. The van der Waals surface area contributed by atoms with Crippen LogP contribution < -0.4 is 11.1 Å².